The van der Waals surface area contributed by atoms with Gasteiger partial charge in [0.1, 0.15) is 11.4 Å². The van der Waals surface area contributed by atoms with Crippen molar-refractivity contribution in [2.45, 2.75) is 38.2 Å². The van der Waals surface area contributed by atoms with Crippen LogP contribution in [-0.4, -0.2) is 35.9 Å². The lowest BCUT2D eigenvalue weighted by Gasteiger charge is -2.26. The molecule has 0 saturated carbocycles. The number of aryl methyl sites for hydroxylation is 1. The van der Waals surface area contributed by atoms with Gasteiger partial charge in [-0.3, -0.25) is 14.4 Å². The predicted molar refractivity (Wildman–Crippen MR) is 105 cm³/mol. The highest BCUT2D eigenvalue weighted by Crippen LogP contribution is 2.44. The summed E-state index contributed by atoms with van der Waals surface area (Å²) in [5, 5.41) is 15.4. The average molecular weight is 397 g/mol. The average Bonchev–Trinajstić information content (AvgIpc) is 3.32. The summed E-state index contributed by atoms with van der Waals surface area (Å²) >= 11 is 0. The number of aliphatic hydroxyl groups is 1. The first-order valence-corrected chi connectivity index (χ1v) is 9.61. The summed E-state index contributed by atoms with van der Waals surface area (Å²) in [6.45, 7) is 3.88. The lowest BCUT2D eigenvalue weighted by molar-refractivity contribution is -0.136. The maximum absolute atomic E-state index is 12.4. The summed E-state index contributed by atoms with van der Waals surface area (Å²) in [5.74, 6) is -1.61. The first-order chi connectivity index (χ1) is 13.8. The molecule has 2 aliphatic heterocycles. The zero-order chi connectivity index (χ0) is 20.8. The van der Waals surface area contributed by atoms with Crippen LogP contribution in [0.25, 0.3) is 0 Å². The van der Waals surface area contributed by atoms with Crippen molar-refractivity contribution in [3.8, 4) is 0 Å². The van der Waals surface area contributed by atoms with Gasteiger partial charge < -0.3 is 25.1 Å². The smallest absolute Gasteiger partial charge is 0.313 e. The van der Waals surface area contributed by atoms with Crippen molar-refractivity contribution in [2.24, 2.45) is 0 Å². The Morgan fingerprint density at radius 2 is 2.14 bits per heavy atom. The van der Waals surface area contributed by atoms with E-state index < -0.39 is 17.4 Å². The fraction of sp³-hybridized carbons (Fsp3) is 0.381. The highest BCUT2D eigenvalue weighted by Gasteiger charge is 2.38. The first kappa shape index (κ1) is 19.2. The summed E-state index contributed by atoms with van der Waals surface area (Å²) in [4.78, 5) is 38.8. The monoisotopic (exact) mass is 397 g/mol. The maximum atomic E-state index is 12.4. The van der Waals surface area contributed by atoms with E-state index in [2.05, 4.69) is 10.6 Å². The Hall–Kier alpha value is -3.13. The fourth-order valence-electron chi connectivity index (χ4n) is 3.96. The van der Waals surface area contributed by atoms with Crippen LogP contribution in [0.4, 0.5) is 11.4 Å². The van der Waals surface area contributed by atoms with Gasteiger partial charge in [0.2, 0.25) is 5.91 Å². The van der Waals surface area contributed by atoms with E-state index in [1.807, 2.05) is 17.9 Å². The molecule has 2 aromatic rings. The number of rotatable bonds is 4. The molecule has 29 heavy (non-hydrogen) atoms. The second kappa shape index (κ2) is 7.04. The molecule has 2 aliphatic rings. The van der Waals surface area contributed by atoms with Gasteiger partial charge >= 0.3 is 11.8 Å². The molecular formula is C21H23N3O5. The van der Waals surface area contributed by atoms with Crippen LogP contribution in [0.1, 0.15) is 43.1 Å². The first-order valence-electron chi connectivity index (χ1n) is 9.61. The van der Waals surface area contributed by atoms with Gasteiger partial charge in [0.05, 0.1) is 24.4 Å². The lowest BCUT2D eigenvalue weighted by atomic mass is 9.96. The number of benzene rings is 1. The minimum atomic E-state index is -1.43. The fourth-order valence-corrected chi connectivity index (χ4v) is 3.96. The van der Waals surface area contributed by atoms with E-state index >= 15 is 0 Å². The highest BCUT2D eigenvalue weighted by molar-refractivity contribution is 6.39. The minimum Gasteiger partial charge on any atom is -0.466 e. The van der Waals surface area contributed by atoms with E-state index in [1.54, 1.807) is 18.2 Å². The van der Waals surface area contributed by atoms with Crippen LogP contribution in [0.3, 0.4) is 0 Å². The van der Waals surface area contributed by atoms with Crippen molar-refractivity contribution in [1.82, 2.24) is 5.32 Å². The maximum Gasteiger partial charge on any atom is 0.313 e. The molecule has 0 bridgehead atoms. The van der Waals surface area contributed by atoms with Gasteiger partial charge in [0, 0.05) is 12.2 Å². The summed E-state index contributed by atoms with van der Waals surface area (Å²) in [6.07, 6.45) is 3.11. The number of furan rings is 1. The van der Waals surface area contributed by atoms with Gasteiger partial charge in [-0.25, -0.2) is 0 Å². The van der Waals surface area contributed by atoms with Gasteiger partial charge in [-0.1, -0.05) is 0 Å². The third-order valence-electron chi connectivity index (χ3n) is 5.53. The third-order valence-corrected chi connectivity index (χ3v) is 5.53. The molecule has 0 radical (unpaired) electrons. The molecule has 8 nitrogen and oxygen atoms in total. The Morgan fingerprint density at radius 3 is 2.86 bits per heavy atom. The summed E-state index contributed by atoms with van der Waals surface area (Å²) in [6, 6.07) is 6.80. The largest absolute Gasteiger partial charge is 0.466 e. The SMILES string of the molecule is CC1C(=O)N2CCCc3cc(NC(=O)C(=O)NCC(C)(O)c4ccco4)cc1c32. The molecule has 3 amide bonds. The lowest BCUT2D eigenvalue weighted by Crippen LogP contribution is -2.43. The quantitative estimate of drug-likeness (QED) is 0.679. The van der Waals surface area contributed by atoms with Crippen molar-refractivity contribution >= 4 is 29.1 Å². The van der Waals surface area contributed by atoms with Gasteiger partial charge in [-0.15, -0.1) is 0 Å². The number of anilines is 2. The van der Waals surface area contributed by atoms with Crippen molar-refractivity contribution in [3.63, 3.8) is 0 Å². The number of nitrogens with one attached hydrogen (secondary N) is 2. The number of amides is 3. The molecule has 8 heteroatoms. The normalized spacial score (nSPS) is 19.5. The van der Waals surface area contributed by atoms with Gasteiger partial charge in [-0.2, -0.15) is 0 Å². The van der Waals surface area contributed by atoms with Crippen LogP contribution < -0.4 is 15.5 Å². The van der Waals surface area contributed by atoms with E-state index in [0.717, 1.165) is 29.7 Å². The summed E-state index contributed by atoms with van der Waals surface area (Å²) in [5.41, 5.74) is 1.88. The van der Waals surface area contributed by atoms with E-state index in [1.165, 1.54) is 13.2 Å². The minimum absolute atomic E-state index is 0.0716. The van der Waals surface area contributed by atoms with Gasteiger partial charge in [0.15, 0.2) is 0 Å². The van der Waals surface area contributed by atoms with Crippen LogP contribution >= 0.6 is 0 Å². The molecule has 2 atom stereocenters. The molecule has 1 aromatic heterocycles. The van der Waals surface area contributed by atoms with Crippen LogP contribution in [0, 0.1) is 0 Å². The molecule has 3 heterocycles. The molecule has 0 spiro atoms. The number of hydrogen-bond donors (Lipinski definition) is 3. The number of carbonyl (C=O) groups is 3. The van der Waals surface area contributed by atoms with Crippen molar-refractivity contribution in [2.75, 3.05) is 23.3 Å². The molecular weight excluding hydrogens is 374 g/mol. The number of nitrogens with zero attached hydrogens (tertiary/aromatic N) is 1. The van der Waals surface area contributed by atoms with Crippen LogP contribution in [0.15, 0.2) is 34.9 Å². The summed E-state index contributed by atoms with van der Waals surface area (Å²) in [7, 11) is 0. The van der Waals surface area contributed by atoms with Crippen LogP contribution in [0.2, 0.25) is 0 Å². The van der Waals surface area contributed by atoms with Crippen molar-refractivity contribution in [3.05, 3.63) is 47.4 Å². The van der Waals surface area contributed by atoms with Crippen molar-refractivity contribution < 1.29 is 23.9 Å². The predicted octanol–water partition coefficient (Wildman–Crippen LogP) is 1.64. The number of carbonyl (C=O) groups excluding carboxylic acids is 3. The summed E-state index contributed by atoms with van der Waals surface area (Å²) < 4.78 is 5.15. The molecule has 0 fully saturated rings. The molecule has 3 N–H and O–H groups in total. The van der Waals surface area contributed by atoms with Crippen molar-refractivity contribution in [1.29, 1.82) is 0 Å². The highest BCUT2D eigenvalue weighted by atomic mass is 16.4. The Labute approximate surface area is 167 Å². The van der Waals surface area contributed by atoms with Crippen LogP contribution in [-0.2, 0) is 26.4 Å². The van der Waals surface area contributed by atoms with Gasteiger partial charge in [0.25, 0.3) is 0 Å². The third kappa shape index (κ3) is 3.40. The molecule has 1 aromatic carbocycles. The van der Waals surface area contributed by atoms with Gasteiger partial charge in [-0.05, 0) is 62.1 Å². The van der Waals surface area contributed by atoms with E-state index in [4.69, 9.17) is 4.42 Å². The zero-order valence-electron chi connectivity index (χ0n) is 16.3. The van der Waals surface area contributed by atoms with Crippen LogP contribution in [0.5, 0.6) is 0 Å². The molecule has 0 aliphatic carbocycles. The zero-order valence-corrected chi connectivity index (χ0v) is 16.3. The second-order valence-corrected chi connectivity index (χ2v) is 7.78. The van der Waals surface area contributed by atoms with E-state index in [-0.39, 0.29) is 18.4 Å². The topological polar surface area (TPSA) is 112 Å². The Morgan fingerprint density at radius 1 is 1.34 bits per heavy atom. The number of hydrogen-bond acceptors (Lipinski definition) is 5. The van der Waals surface area contributed by atoms with E-state index in [9.17, 15) is 19.5 Å². The second-order valence-electron chi connectivity index (χ2n) is 7.78. The molecule has 152 valence electrons. The molecule has 2 unspecified atom stereocenters. The Kier molecular flexibility index (Phi) is 4.66. The molecule has 0 saturated heterocycles. The Balaban J connectivity index is 1.45. The Bertz CT molecular complexity index is 980. The molecule has 4 rings (SSSR count). The standard InChI is InChI=1S/C21H23N3O5/c1-12-15-10-14(9-13-5-3-7-24(17(13)15)20(12)27)23-19(26)18(25)22-11-21(2,28)16-6-4-8-29-16/h4,6,8-10,12,28H,3,5,7,11H2,1-2H3,(H,22,25)(H,23,26). The van der Waals surface area contributed by atoms with E-state index in [0.29, 0.717) is 18.0 Å².